The highest BCUT2D eigenvalue weighted by Crippen LogP contribution is 2.11. The van der Waals surface area contributed by atoms with E-state index in [1.807, 2.05) is 25.8 Å². The Morgan fingerprint density at radius 3 is 2.86 bits per heavy atom. The molecule has 0 amide bonds. The van der Waals surface area contributed by atoms with Crippen molar-refractivity contribution in [3.63, 3.8) is 0 Å². The molecule has 1 heterocycles. The maximum Gasteiger partial charge on any atom is 0.248 e. The largest absolute Gasteiger partial charge is 0.366 e. The third-order valence-corrected chi connectivity index (χ3v) is 1.98. The highest BCUT2D eigenvalue weighted by molar-refractivity contribution is 5.61. The summed E-state index contributed by atoms with van der Waals surface area (Å²) in [7, 11) is 1.95. The molecule has 14 heavy (non-hydrogen) atoms. The molecule has 1 aromatic heterocycles. The van der Waals surface area contributed by atoms with Gasteiger partial charge in [-0.2, -0.15) is 0 Å². The topological polar surface area (TPSA) is 48.5 Å². The van der Waals surface area contributed by atoms with Crippen molar-refractivity contribution in [3.8, 4) is 0 Å². The molecule has 0 saturated heterocycles. The number of hydrogen-bond donors (Lipinski definition) is 1. The predicted molar refractivity (Wildman–Crippen MR) is 58.3 cm³/mol. The molecule has 0 aliphatic carbocycles. The molecule has 0 aliphatic heterocycles. The highest BCUT2D eigenvalue weighted by atomic mass is 16.1. The minimum absolute atomic E-state index is 0.0923. The van der Waals surface area contributed by atoms with Gasteiger partial charge in [0.25, 0.3) is 0 Å². The number of aliphatic imine (C=N–C) groups is 1. The number of aromatic nitrogens is 1. The van der Waals surface area contributed by atoms with Gasteiger partial charge in [-0.15, -0.1) is 0 Å². The van der Waals surface area contributed by atoms with Gasteiger partial charge in [0.15, 0.2) is 0 Å². The lowest BCUT2D eigenvalue weighted by Gasteiger charge is -2.08. The minimum Gasteiger partial charge on any atom is -0.366 e. The summed E-state index contributed by atoms with van der Waals surface area (Å²) in [6, 6.07) is 3.19. The average molecular weight is 193 g/mol. The van der Waals surface area contributed by atoms with Crippen LogP contribution in [0.2, 0.25) is 0 Å². The minimum atomic E-state index is -0.0923. The standard InChI is InChI=1S/C10H15N3O/c1-4-13(3)7-11-9-5-6-10(14)12-8(9)2/h5-7H,4H2,1-3H3,(H,12,14). The summed E-state index contributed by atoms with van der Waals surface area (Å²) in [6.45, 7) is 4.79. The van der Waals surface area contributed by atoms with Crippen molar-refractivity contribution in [1.82, 2.24) is 9.88 Å². The Bertz CT molecular complexity index is 381. The van der Waals surface area contributed by atoms with E-state index < -0.39 is 0 Å². The number of nitrogens with zero attached hydrogens (tertiary/aromatic N) is 2. The van der Waals surface area contributed by atoms with Gasteiger partial charge in [-0.3, -0.25) is 4.79 Å². The molecule has 0 aromatic carbocycles. The summed E-state index contributed by atoms with van der Waals surface area (Å²) < 4.78 is 0. The third-order valence-electron chi connectivity index (χ3n) is 1.98. The number of pyridine rings is 1. The summed E-state index contributed by atoms with van der Waals surface area (Å²) in [5.41, 5.74) is 1.49. The fourth-order valence-corrected chi connectivity index (χ4v) is 0.952. The van der Waals surface area contributed by atoms with Crippen LogP contribution in [0.5, 0.6) is 0 Å². The van der Waals surface area contributed by atoms with E-state index in [2.05, 4.69) is 9.98 Å². The number of nitrogens with one attached hydrogen (secondary N) is 1. The van der Waals surface area contributed by atoms with Crippen LogP contribution in [0.15, 0.2) is 21.9 Å². The summed E-state index contributed by atoms with van der Waals surface area (Å²) >= 11 is 0. The smallest absolute Gasteiger partial charge is 0.248 e. The summed E-state index contributed by atoms with van der Waals surface area (Å²) in [5, 5.41) is 0. The zero-order valence-electron chi connectivity index (χ0n) is 8.74. The highest BCUT2D eigenvalue weighted by Gasteiger charge is 1.95. The van der Waals surface area contributed by atoms with Gasteiger partial charge in [0.05, 0.1) is 12.0 Å². The zero-order valence-corrected chi connectivity index (χ0v) is 8.74. The molecular formula is C10H15N3O. The third kappa shape index (κ3) is 2.73. The Labute approximate surface area is 83.3 Å². The first kappa shape index (κ1) is 10.5. The van der Waals surface area contributed by atoms with Gasteiger partial charge in [-0.05, 0) is 19.9 Å². The van der Waals surface area contributed by atoms with Gasteiger partial charge in [0.2, 0.25) is 5.56 Å². The number of aromatic amines is 1. The van der Waals surface area contributed by atoms with E-state index in [1.165, 1.54) is 6.07 Å². The molecule has 76 valence electrons. The average Bonchev–Trinajstić information content (AvgIpc) is 2.16. The number of H-pyrrole nitrogens is 1. The number of aryl methyl sites for hydroxylation is 1. The lowest BCUT2D eigenvalue weighted by molar-refractivity contribution is 0.552. The fourth-order valence-electron chi connectivity index (χ4n) is 0.952. The van der Waals surface area contributed by atoms with E-state index in [0.717, 1.165) is 17.9 Å². The van der Waals surface area contributed by atoms with Crippen molar-refractivity contribution in [2.45, 2.75) is 13.8 Å². The summed E-state index contributed by atoms with van der Waals surface area (Å²) in [5.74, 6) is 0. The molecule has 0 saturated carbocycles. The van der Waals surface area contributed by atoms with Gasteiger partial charge in [-0.1, -0.05) is 0 Å². The van der Waals surface area contributed by atoms with E-state index in [9.17, 15) is 4.79 Å². The van der Waals surface area contributed by atoms with Crippen LogP contribution in [-0.2, 0) is 0 Å². The first-order valence-electron chi connectivity index (χ1n) is 4.58. The number of rotatable bonds is 3. The molecule has 0 fully saturated rings. The van der Waals surface area contributed by atoms with Crippen LogP contribution in [0, 0.1) is 6.92 Å². The van der Waals surface area contributed by atoms with E-state index in [0.29, 0.717) is 0 Å². The molecule has 0 radical (unpaired) electrons. The Morgan fingerprint density at radius 2 is 2.29 bits per heavy atom. The number of hydrogen-bond acceptors (Lipinski definition) is 2. The molecule has 1 rings (SSSR count). The van der Waals surface area contributed by atoms with E-state index in [-0.39, 0.29) is 5.56 Å². The Kier molecular flexibility index (Phi) is 3.45. The molecule has 0 aliphatic rings. The SMILES string of the molecule is CCN(C)C=Nc1ccc(=O)[nH]c1C. The van der Waals surface area contributed by atoms with E-state index >= 15 is 0 Å². The van der Waals surface area contributed by atoms with Crippen LogP contribution in [0.25, 0.3) is 0 Å². The molecule has 0 spiro atoms. The van der Waals surface area contributed by atoms with E-state index in [4.69, 9.17) is 0 Å². The fraction of sp³-hybridized carbons (Fsp3) is 0.400. The van der Waals surface area contributed by atoms with Crippen molar-refractivity contribution in [2.24, 2.45) is 4.99 Å². The maximum atomic E-state index is 10.9. The molecule has 1 aromatic rings. The molecule has 1 N–H and O–H groups in total. The summed E-state index contributed by atoms with van der Waals surface area (Å²) in [6.07, 6.45) is 1.75. The van der Waals surface area contributed by atoms with Gasteiger partial charge < -0.3 is 9.88 Å². The van der Waals surface area contributed by atoms with E-state index in [1.54, 1.807) is 12.4 Å². The molecule has 0 bridgehead atoms. The Hall–Kier alpha value is -1.58. The normalized spacial score (nSPS) is 10.8. The zero-order chi connectivity index (χ0) is 10.6. The van der Waals surface area contributed by atoms with Crippen molar-refractivity contribution >= 4 is 12.0 Å². The van der Waals surface area contributed by atoms with Crippen LogP contribution in [0.1, 0.15) is 12.6 Å². The lowest BCUT2D eigenvalue weighted by atomic mass is 10.3. The van der Waals surface area contributed by atoms with Crippen molar-refractivity contribution in [2.75, 3.05) is 13.6 Å². The van der Waals surface area contributed by atoms with Gasteiger partial charge in [0.1, 0.15) is 0 Å². The molecule has 0 unspecified atom stereocenters. The molecule has 4 nitrogen and oxygen atoms in total. The van der Waals surface area contributed by atoms with Crippen LogP contribution >= 0.6 is 0 Å². The lowest BCUT2D eigenvalue weighted by Crippen LogP contribution is -2.14. The van der Waals surface area contributed by atoms with Gasteiger partial charge in [-0.25, -0.2) is 4.99 Å². The molecule has 4 heteroatoms. The predicted octanol–water partition coefficient (Wildman–Crippen LogP) is 1.29. The Morgan fingerprint density at radius 1 is 1.57 bits per heavy atom. The van der Waals surface area contributed by atoms with Crippen molar-refractivity contribution in [1.29, 1.82) is 0 Å². The quantitative estimate of drug-likeness (QED) is 0.581. The first-order valence-corrected chi connectivity index (χ1v) is 4.58. The van der Waals surface area contributed by atoms with Crippen LogP contribution < -0.4 is 5.56 Å². The van der Waals surface area contributed by atoms with Crippen LogP contribution in [0.4, 0.5) is 5.69 Å². The van der Waals surface area contributed by atoms with Crippen LogP contribution in [-0.4, -0.2) is 29.8 Å². The second-order valence-electron chi connectivity index (χ2n) is 3.15. The van der Waals surface area contributed by atoms with Crippen molar-refractivity contribution < 1.29 is 0 Å². The monoisotopic (exact) mass is 193 g/mol. The van der Waals surface area contributed by atoms with Gasteiger partial charge in [0, 0.05) is 25.4 Å². The molecule has 0 atom stereocenters. The molecular weight excluding hydrogens is 178 g/mol. The second kappa shape index (κ2) is 4.60. The summed E-state index contributed by atoms with van der Waals surface area (Å²) in [4.78, 5) is 19.8. The van der Waals surface area contributed by atoms with Gasteiger partial charge >= 0.3 is 0 Å². The van der Waals surface area contributed by atoms with Crippen LogP contribution in [0.3, 0.4) is 0 Å². The Balaban J connectivity index is 2.87. The second-order valence-corrected chi connectivity index (χ2v) is 3.15. The maximum absolute atomic E-state index is 10.9. The first-order chi connectivity index (χ1) is 6.63. The van der Waals surface area contributed by atoms with Crippen molar-refractivity contribution in [3.05, 3.63) is 28.2 Å².